The van der Waals surface area contributed by atoms with Crippen molar-refractivity contribution in [2.75, 3.05) is 36.8 Å². The van der Waals surface area contributed by atoms with Crippen molar-refractivity contribution in [1.82, 2.24) is 19.8 Å². The molecule has 220 valence electrons. The Morgan fingerprint density at radius 3 is 2.43 bits per heavy atom. The van der Waals surface area contributed by atoms with Crippen LogP contribution in [0.2, 0.25) is 0 Å². The van der Waals surface area contributed by atoms with Crippen molar-refractivity contribution in [2.24, 2.45) is 0 Å². The predicted octanol–water partition coefficient (Wildman–Crippen LogP) is 6.52. The van der Waals surface area contributed by atoms with E-state index in [1.54, 1.807) is 18.2 Å². The highest BCUT2D eigenvalue weighted by molar-refractivity contribution is 6.06. The third-order valence-corrected chi connectivity index (χ3v) is 8.66. The number of aryl methyl sites for hydroxylation is 1. The van der Waals surface area contributed by atoms with Crippen molar-refractivity contribution in [1.29, 1.82) is 0 Å². The molecule has 0 bridgehead atoms. The Morgan fingerprint density at radius 2 is 1.59 bits per heavy atom. The van der Waals surface area contributed by atoms with Crippen LogP contribution >= 0.6 is 0 Å². The fraction of sp³-hybridized carbons (Fsp3) is 0.222. The summed E-state index contributed by atoms with van der Waals surface area (Å²) in [6, 6.07) is 31.2. The van der Waals surface area contributed by atoms with E-state index in [2.05, 4.69) is 15.5 Å². The van der Waals surface area contributed by atoms with E-state index >= 15 is 0 Å². The molecule has 0 aliphatic carbocycles. The average Bonchev–Trinajstić information content (AvgIpc) is 3.54. The van der Waals surface area contributed by atoms with E-state index in [1.165, 1.54) is 6.42 Å². The molecule has 5 aromatic rings. The molecule has 8 nitrogen and oxygen atoms in total. The lowest BCUT2D eigenvalue weighted by molar-refractivity contribution is 0.0571. The summed E-state index contributed by atoms with van der Waals surface area (Å²) in [6.45, 7) is 5.51. The highest BCUT2D eigenvalue weighted by Crippen LogP contribution is 2.29. The Morgan fingerprint density at radius 1 is 0.818 bits per heavy atom. The molecule has 1 atom stereocenters. The van der Waals surface area contributed by atoms with Crippen LogP contribution in [-0.4, -0.2) is 63.8 Å². The van der Waals surface area contributed by atoms with Gasteiger partial charge in [-0.3, -0.25) is 14.5 Å². The Bertz CT molecular complexity index is 1840. The number of nitrogens with one attached hydrogen (secondary N) is 2. The summed E-state index contributed by atoms with van der Waals surface area (Å²) in [4.78, 5) is 40.6. The van der Waals surface area contributed by atoms with E-state index in [0.29, 0.717) is 28.8 Å². The summed E-state index contributed by atoms with van der Waals surface area (Å²) in [5.74, 6) is 0.261. The molecular formula is C36H34N6O2. The van der Waals surface area contributed by atoms with Crippen LogP contribution in [0.3, 0.4) is 0 Å². The lowest BCUT2D eigenvalue weighted by Gasteiger charge is -2.37. The van der Waals surface area contributed by atoms with E-state index in [0.717, 1.165) is 66.0 Å². The molecule has 7 rings (SSSR count). The molecule has 2 fully saturated rings. The maximum atomic E-state index is 13.3. The Balaban J connectivity index is 1.05. The Labute approximate surface area is 256 Å². The van der Waals surface area contributed by atoms with Gasteiger partial charge in [0.15, 0.2) is 0 Å². The molecule has 1 aromatic heterocycles. The number of hydrogen-bond acceptors (Lipinski definition) is 6. The number of nitrogens with zero attached hydrogens (tertiary/aromatic N) is 4. The van der Waals surface area contributed by atoms with E-state index in [4.69, 9.17) is 9.97 Å². The quantitative estimate of drug-likeness (QED) is 0.237. The van der Waals surface area contributed by atoms with E-state index in [9.17, 15) is 9.59 Å². The number of amides is 2. The van der Waals surface area contributed by atoms with Crippen LogP contribution in [0.15, 0.2) is 97.1 Å². The standard InChI is InChI=1S/C36H34N6O2/c1-24-13-14-27(35(44)42-21-20-41-19-7-10-29(41)23-42)22-32(24)38-34(43)26-15-17-28(18-16-26)37-36-39-31-12-6-5-11-30(31)33(40-36)25-8-3-2-4-9-25/h2-6,8-9,11-18,22,29H,7,10,19-21,23H2,1H3,(H,38,43)(H,37,39,40). The number of anilines is 3. The first-order chi connectivity index (χ1) is 21.5. The van der Waals surface area contributed by atoms with E-state index in [1.807, 2.05) is 90.7 Å². The molecule has 1 unspecified atom stereocenters. The first kappa shape index (κ1) is 27.7. The molecule has 2 N–H and O–H groups in total. The Kier molecular flexibility index (Phi) is 7.50. The summed E-state index contributed by atoms with van der Waals surface area (Å²) < 4.78 is 0. The van der Waals surface area contributed by atoms with Gasteiger partial charge in [-0.1, -0.05) is 54.6 Å². The van der Waals surface area contributed by atoms with Crippen LogP contribution in [0.4, 0.5) is 17.3 Å². The van der Waals surface area contributed by atoms with Gasteiger partial charge in [-0.05, 0) is 74.3 Å². The number of hydrogen-bond donors (Lipinski definition) is 2. The van der Waals surface area contributed by atoms with E-state index in [-0.39, 0.29) is 11.8 Å². The summed E-state index contributed by atoms with van der Waals surface area (Å²) in [5, 5.41) is 7.29. The Hall–Kier alpha value is -5.08. The molecular weight excluding hydrogens is 548 g/mol. The minimum absolute atomic E-state index is 0.0220. The van der Waals surface area contributed by atoms with Gasteiger partial charge in [0.25, 0.3) is 11.8 Å². The molecule has 2 saturated heterocycles. The van der Waals surface area contributed by atoms with Gasteiger partial charge in [-0.15, -0.1) is 0 Å². The van der Waals surface area contributed by atoms with E-state index < -0.39 is 0 Å². The summed E-state index contributed by atoms with van der Waals surface area (Å²) >= 11 is 0. The topological polar surface area (TPSA) is 90.5 Å². The van der Waals surface area contributed by atoms with Crippen molar-refractivity contribution in [3.63, 3.8) is 0 Å². The average molecular weight is 583 g/mol. The van der Waals surface area contributed by atoms with Crippen molar-refractivity contribution in [3.05, 3.63) is 114 Å². The molecule has 0 radical (unpaired) electrons. The molecule has 3 heterocycles. The first-order valence-corrected chi connectivity index (χ1v) is 15.2. The third kappa shape index (κ3) is 5.64. The maximum Gasteiger partial charge on any atom is 0.255 e. The first-order valence-electron chi connectivity index (χ1n) is 15.2. The highest BCUT2D eigenvalue weighted by atomic mass is 16.2. The minimum atomic E-state index is -0.239. The fourth-order valence-corrected chi connectivity index (χ4v) is 6.22. The van der Waals surface area contributed by atoms with Gasteiger partial charge in [-0.25, -0.2) is 9.97 Å². The number of piperazine rings is 1. The van der Waals surface area contributed by atoms with Gasteiger partial charge < -0.3 is 15.5 Å². The molecule has 2 amide bonds. The lowest BCUT2D eigenvalue weighted by atomic mass is 10.1. The van der Waals surface area contributed by atoms with Crippen molar-refractivity contribution < 1.29 is 9.59 Å². The number of aromatic nitrogens is 2. The van der Waals surface area contributed by atoms with Gasteiger partial charge >= 0.3 is 0 Å². The molecule has 8 heteroatoms. The molecule has 44 heavy (non-hydrogen) atoms. The number of carbonyl (C=O) groups excluding carboxylic acids is 2. The zero-order chi connectivity index (χ0) is 30.0. The normalized spacial score (nSPS) is 16.5. The zero-order valence-electron chi connectivity index (χ0n) is 24.7. The smallest absolute Gasteiger partial charge is 0.255 e. The molecule has 4 aromatic carbocycles. The molecule has 0 saturated carbocycles. The monoisotopic (exact) mass is 582 g/mol. The number of para-hydroxylation sites is 1. The van der Waals surface area contributed by atoms with Crippen molar-refractivity contribution >= 4 is 40.0 Å². The number of rotatable bonds is 6. The second kappa shape index (κ2) is 11.9. The van der Waals surface area contributed by atoms with Gasteiger partial charge in [0.2, 0.25) is 5.95 Å². The van der Waals surface area contributed by atoms with Gasteiger partial charge in [0.05, 0.1) is 11.2 Å². The van der Waals surface area contributed by atoms with Gasteiger partial charge in [0.1, 0.15) is 0 Å². The van der Waals surface area contributed by atoms with Crippen LogP contribution in [0.5, 0.6) is 0 Å². The van der Waals surface area contributed by atoms with Gasteiger partial charge in [-0.2, -0.15) is 0 Å². The van der Waals surface area contributed by atoms with Crippen LogP contribution < -0.4 is 10.6 Å². The third-order valence-electron chi connectivity index (χ3n) is 8.66. The number of fused-ring (bicyclic) bond motifs is 2. The lowest BCUT2D eigenvalue weighted by Crippen LogP contribution is -2.52. The van der Waals surface area contributed by atoms with Crippen molar-refractivity contribution in [2.45, 2.75) is 25.8 Å². The van der Waals surface area contributed by atoms with Crippen molar-refractivity contribution in [3.8, 4) is 11.3 Å². The highest BCUT2D eigenvalue weighted by Gasteiger charge is 2.32. The minimum Gasteiger partial charge on any atom is -0.336 e. The second-order valence-electron chi connectivity index (χ2n) is 11.5. The van der Waals surface area contributed by atoms with Crippen LogP contribution in [0.1, 0.15) is 39.1 Å². The van der Waals surface area contributed by atoms with Crippen LogP contribution in [0, 0.1) is 6.92 Å². The maximum absolute atomic E-state index is 13.3. The number of carbonyl (C=O) groups is 2. The second-order valence-corrected chi connectivity index (χ2v) is 11.5. The van der Waals surface area contributed by atoms with Crippen LogP contribution in [-0.2, 0) is 0 Å². The van der Waals surface area contributed by atoms with Crippen LogP contribution in [0.25, 0.3) is 22.2 Å². The molecule has 2 aliphatic rings. The SMILES string of the molecule is Cc1ccc(C(=O)N2CCN3CCCC3C2)cc1NC(=O)c1ccc(Nc2nc(-c3ccccc3)c3ccccc3n2)cc1. The fourth-order valence-electron chi connectivity index (χ4n) is 6.22. The summed E-state index contributed by atoms with van der Waals surface area (Å²) in [5.41, 5.74) is 6.12. The zero-order valence-corrected chi connectivity index (χ0v) is 24.7. The molecule has 0 spiro atoms. The summed E-state index contributed by atoms with van der Waals surface area (Å²) in [6.07, 6.45) is 2.36. The molecule has 2 aliphatic heterocycles. The largest absolute Gasteiger partial charge is 0.336 e. The summed E-state index contributed by atoms with van der Waals surface area (Å²) in [7, 11) is 0. The predicted molar refractivity (Wildman–Crippen MR) is 174 cm³/mol. The number of benzene rings is 4. The van der Waals surface area contributed by atoms with Gasteiger partial charge in [0, 0.05) is 59.1 Å².